The number of amides is 1. The van der Waals surface area contributed by atoms with Gasteiger partial charge in [-0.05, 0) is 54.1 Å². The third-order valence-corrected chi connectivity index (χ3v) is 4.32. The maximum atomic E-state index is 12.6. The molecule has 1 amide bonds. The molecule has 0 bridgehead atoms. The highest BCUT2D eigenvalue weighted by Gasteiger charge is 2.17. The second kappa shape index (κ2) is 8.93. The number of benzene rings is 3. The Bertz CT molecular complexity index is 1070. The minimum atomic E-state index is -0.698. The maximum absolute atomic E-state index is 12.6. The van der Waals surface area contributed by atoms with Gasteiger partial charge in [0.25, 0.3) is 5.91 Å². The zero-order chi connectivity index (χ0) is 20.8. The standard InChI is InChI=1S/C23H21NO5/c1-3-29-23(27)20(24-22(26)16-7-5-4-6-8-16)14-19-18-13-17(28-2)11-9-15(18)10-12-21(19)25/h4-14,25H,3H2,1-2H3,(H,24,26)/b20-14-. The van der Waals surface area contributed by atoms with Crippen molar-refractivity contribution in [2.75, 3.05) is 13.7 Å². The second-order valence-corrected chi connectivity index (χ2v) is 6.18. The number of hydrogen-bond acceptors (Lipinski definition) is 5. The minimum Gasteiger partial charge on any atom is -0.507 e. The van der Waals surface area contributed by atoms with Gasteiger partial charge in [0.15, 0.2) is 0 Å². The van der Waals surface area contributed by atoms with Crippen molar-refractivity contribution in [1.82, 2.24) is 5.32 Å². The Labute approximate surface area is 168 Å². The number of phenols is 1. The van der Waals surface area contributed by atoms with E-state index in [0.717, 1.165) is 5.39 Å². The molecule has 0 heterocycles. The number of phenolic OH excluding ortho intramolecular Hbond substituents is 1. The normalized spacial score (nSPS) is 11.2. The lowest BCUT2D eigenvalue weighted by Gasteiger charge is -2.12. The number of ether oxygens (including phenoxy) is 2. The zero-order valence-electron chi connectivity index (χ0n) is 16.1. The van der Waals surface area contributed by atoms with Crippen LogP contribution in [0.25, 0.3) is 16.8 Å². The van der Waals surface area contributed by atoms with Gasteiger partial charge in [-0.25, -0.2) is 4.79 Å². The van der Waals surface area contributed by atoms with E-state index in [1.54, 1.807) is 62.6 Å². The first kappa shape index (κ1) is 19.9. The zero-order valence-corrected chi connectivity index (χ0v) is 16.1. The molecule has 2 N–H and O–H groups in total. The Morgan fingerprint density at radius 2 is 1.79 bits per heavy atom. The first-order chi connectivity index (χ1) is 14.0. The number of aromatic hydroxyl groups is 1. The molecule has 0 fully saturated rings. The molecule has 3 rings (SSSR count). The largest absolute Gasteiger partial charge is 0.507 e. The lowest BCUT2D eigenvalue weighted by molar-refractivity contribution is -0.138. The maximum Gasteiger partial charge on any atom is 0.354 e. The minimum absolute atomic E-state index is 0.0403. The van der Waals surface area contributed by atoms with Crippen LogP contribution in [0.3, 0.4) is 0 Å². The fourth-order valence-corrected chi connectivity index (χ4v) is 2.87. The van der Waals surface area contributed by atoms with Gasteiger partial charge in [0.2, 0.25) is 0 Å². The van der Waals surface area contributed by atoms with E-state index in [1.165, 1.54) is 12.1 Å². The van der Waals surface area contributed by atoms with Gasteiger partial charge < -0.3 is 19.9 Å². The Hall–Kier alpha value is -3.80. The smallest absolute Gasteiger partial charge is 0.354 e. The lowest BCUT2D eigenvalue weighted by Crippen LogP contribution is -2.28. The molecular weight excluding hydrogens is 370 g/mol. The molecule has 0 saturated heterocycles. The summed E-state index contributed by atoms with van der Waals surface area (Å²) in [5.74, 6) is -0.594. The van der Waals surface area contributed by atoms with E-state index in [2.05, 4.69) is 5.32 Å². The van der Waals surface area contributed by atoms with Crippen molar-refractivity contribution < 1.29 is 24.2 Å². The van der Waals surface area contributed by atoms with Gasteiger partial charge in [0.05, 0.1) is 13.7 Å². The van der Waals surface area contributed by atoms with Gasteiger partial charge >= 0.3 is 5.97 Å². The van der Waals surface area contributed by atoms with Gasteiger partial charge in [-0.3, -0.25) is 4.79 Å². The molecule has 29 heavy (non-hydrogen) atoms. The predicted molar refractivity (Wildman–Crippen MR) is 111 cm³/mol. The number of rotatable bonds is 6. The van der Waals surface area contributed by atoms with Crippen molar-refractivity contribution in [1.29, 1.82) is 0 Å². The van der Waals surface area contributed by atoms with Crippen LogP contribution in [0.2, 0.25) is 0 Å². The highest BCUT2D eigenvalue weighted by Crippen LogP contribution is 2.31. The number of fused-ring (bicyclic) bond motifs is 1. The van der Waals surface area contributed by atoms with Crippen LogP contribution in [-0.4, -0.2) is 30.7 Å². The van der Waals surface area contributed by atoms with Crippen molar-refractivity contribution >= 4 is 28.7 Å². The number of esters is 1. The van der Waals surface area contributed by atoms with Crippen molar-refractivity contribution in [2.45, 2.75) is 6.92 Å². The van der Waals surface area contributed by atoms with Crippen LogP contribution in [0.15, 0.2) is 66.4 Å². The van der Waals surface area contributed by atoms with Gasteiger partial charge in [-0.1, -0.05) is 30.3 Å². The Kier molecular flexibility index (Phi) is 6.14. The van der Waals surface area contributed by atoms with Crippen molar-refractivity contribution in [2.24, 2.45) is 0 Å². The SMILES string of the molecule is CCOC(=O)/C(=C/c1c(O)ccc2ccc(OC)cc12)NC(=O)c1ccccc1. The summed E-state index contributed by atoms with van der Waals surface area (Å²) in [7, 11) is 1.55. The molecule has 0 unspecified atom stereocenters. The van der Waals surface area contributed by atoms with Gasteiger partial charge in [-0.15, -0.1) is 0 Å². The summed E-state index contributed by atoms with van der Waals surface area (Å²) >= 11 is 0. The van der Waals surface area contributed by atoms with E-state index < -0.39 is 11.9 Å². The topological polar surface area (TPSA) is 84.9 Å². The first-order valence-electron chi connectivity index (χ1n) is 9.08. The Morgan fingerprint density at radius 1 is 1.07 bits per heavy atom. The van der Waals surface area contributed by atoms with Crippen LogP contribution in [0.1, 0.15) is 22.8 Å². The molecule has 0 aliphatic carbocycles. The van der Waals surface area contributed by atoms with E-state index in [9.17, 15) is 14.7 Å². The lowest BCUT2D eigenvalue weighted by atomic mass is 10.0. The van der Waals surface area contributed by atoms with Gasteiger partial charge in [0, 0.05) is 11.1 Å². The van der Waals surface area contributed by atoms with Crippen LogP contribution in [-0.2, 0) is 9.53 Å². The van der Waals surface area contributed by atoms with Crippen molar-refractivity contribution in [3.05, 3.63) is 77.5 Å². The average Bonchev–Trinajstić information content (AvgIpc) is 2.75. The van der Waals surface area contributed by atoms with E-state index in [0.29, 0.717) is 22.3 Å². The Balaban J connectivity index is 2.09. The second-order valence-electron chi connectivity index (χ2n) is 6.18. The number of nitrogens with one attached hydrogen (secondary N) is 1. The van der Waals surface area contributed by atoms with Crippen LogP contribution in [0.4, 0.5) is 0 Å². The molecule has 3 aromatic carbocycles. The van der Waals surface area contributed by atoms with Crippen molar-refractivity contribution in [3.63, 3.8) is 0 Å². The summed E-state index contributed by atoms with van der Waals surface area (Å²) in [5.41, 5.74) is 0.690. The fraction of sp³-hybridized carbons (Fsp3) is 0.130. The van der Waals surface area contributed by atoms with Gasteiger partial charge in [0.1, 0.15) is 17.2 Å². The molecule has 6 nitrogen and oxygen atoms in total. The monoisotopic (exact) mass is 391 g/mol. The summed E-state index contributed by atoms with van der Waals surface area (Å²) in [4.78, 5) is 25.0. The summed E-state index contributed by atoms with van der Waals surface area (Å²) in [6, 6.07) is 17.2. The van der Waals surface area contributed by atoms with Crippen LogP contribution < -0.4 is 10.1 Å². The van der Waals surface area contributed by atoms with Gasteiger partial charge in [-0.2, -0.15) is 0 Å². The van der Waals surface area contributed by atoms with E-state index in [4.69, 9.17) is 9.47 Å². The van der Waals surface area contributed by atoms with Crippen LogP contribution >= 0.6 is 0 Å². The number of carbonyl (C=O) groups excluding carboxylic acids is 2. The molecule has 0 radical (unpaired) electrons. The quantitative estimate of drug-likeness (QED) is 0.492. The molecule has 0 aliphatic heterocycles. The highest BCUT2D eigenvalue weighted by atomic mass is 16.5. The fourth-order valence-electron chi connectivity index (χ4n) is 2.87. The molecule has 0 aromatic heterocycles. The molecule has 3 aromatic rings. The third kappa shape index (κ3) is 4.55. The molecular formula is C23H21NO5. The number of hydrogen-bond donors (Lipinski definition) is 2. The highest BCUT2D eigenvalue weighted by molar-refractivity contribution is 6.05. The summed E-state index contributed by atoms with van der Waals surface area (Å²) in [6.45, 7) is 1.82. The third-order valence-electron chi connectivity index (χ3n) is 4.32. The molecule has 0 saturated carbocycles. The number of carbonyl (C=O) groups is 2. The van der Waals surface area contributed by atoms with Crippen molar-refractivity contribution in [3.8, 4) is 11.5 Å². The predicted octanol–water partition coefficient (Wildman–Crippen LogP) is 3.89. The summed E-state index contributed by atoms with van der Waals surface area (Å²) in [6.07, 6.45) is 1.41. The summed E-state index contributed by atoms with van der Waals surface area (Å²) in [5, 5.41) is 14.5. The van der Waals surface area contributed by atoms with Crippen LogP contribution in [0, 0.1) is 0 Å². The molecule has 0 spiro atoms. The molecule has 148 valence electrons. The number of methoxy groups -OCH3 is 1. The van der Waals surface area contributed by atoms with E-state index in [1.807, 2.05) is 6.07 Å². The van der Waals surface area contributed by atoms with E-state index in [-0.39, 0.29) is 18.1 Å². The first-order valence-corrected chi connectivity index (χ1v) is 9.08. The summed E-state index contributed by atoms with van der Waals surface area (Å²) < 4.78 is 10.3. The molecule has 0 atom stereocenters. The van der Waals surface area contributed by atoms with E-state index >= 15 is 0 Å². The Morgan fingerprint density at radius 3 is 2.48 bits per heavy atom. The molecule has 6 heteroatoms. The van der Waals surface area contributed by atoms with Crippen LogP contribution in [0.5, 0.6) is 11.5 Å². The molecule has 0 aliphatic rings. The average molecular weight is 391 g/mol.